The van der Waals surface area contributed by atoms with Crippen LogP contribution in [0.5, 0.6) is 11.5 Å². The Hall–Kier alpha value is -3.02. The van der Waals surface area contributed by atoms with Gasteiger partial charge in [-0.05, 0) is 49.7 Å². The third kappa shape index (κ3) is 2.80. The van der Waals surface area contributed by atoms with Crippen molar-refractivity contribution in [3.05, 3.63) is 47.8 Å². The maximum absolute atomic E-state index is 12.5. The Morgan fingerprint density at radius 2 is 2.04 bits per heavy atom. The summed E-state index contributed by atoms with van der Waals surface area (Å²) in [5.74, 6) is 2.05. The number of carbonyl (C=O) groups is 1. The molecule has 1 amide bonds. The highest BCUT2D eigenvalue weighted by atomic mass is 16.7. The zero-order valence-corrected chi connectivity index (χ0v) is 14.2. The van der Waals surface area contributed by atoms with Crippen LogP contribution in [0.1, 0.15) is 29.5 Å². The van der Waals surface area contributed by atoms with Gasteiger partial charge in [-0.3, -0.25) is 4.79 Å². The average molecular weight is 337 g/mol. The first-order valence-corrected chi connectivity index (χ1v) is 8.33. The summed E-state index contributed by atoms with van der Waals surface area (Å²) in [7, 11) is 0. The van der Waals surface area contributed by atoms with Crippen molar-refractivity contribution in [2.24, 2.45) is 0 Å². The molecule has 0 fully saturated rings. The van der Waals surface area contributed by atoms with E-state index in [0.29, 0.717) is 17.1 Å². The molecule has 25 heavy (non-hydrogen) atoms. The molecule has 2 aromatic carbocycles. The van der Waals surface area contributed by atoms with Crippen LogP contribution in [0.15, 0.2) is 36.4 Å². The summed E-state index contributed by atoms with van der Waals surface area (Å²) in [6.07, 6.45) is 1.05. The second-order valence-electron chi connectivity index (χ2n) is 6.04. The van der Waals surface area contributed by atoms with Crippen molar-refractivity contribution in [3.63, 3.8) is 0 Å². The van der Waals surface area contributed by atoms with Gasteiger partial charge in [-0.25, -0.2) is 4.98 Å². The molecule has 1 aliphatic rings. The van der Waals surface area contributed by atoms with E-state index in [1.165, 1.54) is 0 Å². The lowest BCUT2D eigenvalue weighted by molar-refractivity contribution is 0.102. The molecule has 0 saturated heterocycles. The molecule has 0 unspecified atom stereocenters. The van der Waals surface area contributed by atoms with Gasteiger partial charge in [0, 0.05) is 17.8 Å². The fourth-order valence-electron chi connectivity index (χ4n) is 3.07. The number of nitrogens with zero attached hydrogens (tertiary/aromatic N) is 2. The number of rotatable bonds is 4. The smallest absolute Gasteiger partial charge is 0.255 e. The van der Waals surface area contributed by atoms with E-state index in [9.17, 15) is 4.79 Å². The molecule has 1 aliphatic heterocycles. The number of hydrogen-bond acceptors (Lipinski definition) is 4. The maximum atomic E-state index is 12.5. The largest absolute Gasteiger partial charge is 0.454 e. The number of hydrogen-bond donors (Lipinski definition) is 1. The zero-order valence-electron chi connectivity index (χ0n) is 14.2. The highest BCUT2D eigenvalue weighted by Crippen LogP contribution is 2.32. The Morgan fingerprint density at radius 1 is 1.20 bits per heavy atom. The van der Waals surface area contributed by atoms with E-state index in [1.807, 2.05) is 25.1 Å². The van der Waals surface area contributed by atoms with Crippen molar-refractivity contribution in [3.8, 4) is 11.5 Å². The number of fused-ring (bicyclic) bond motifs is 2. The molecule has 4 rings (SSSR count). The lowest BCUT2D eigenvalue weighted by Crippen LogP contribution is -2.11. The van der Waals surface area contributed by atoms with Crippen LogP contribution >= 0.6 is 0 Å². The topological polar surface area (TPSA) is 65.4 Å². The highest BCUT2D eigenvalue weighted by molar-refractivity contribution is 6.05. The van der Waals surface area contributed by atoms with Crippen LogP contribution in [0.25, 0.3) is 11.0 Å². The number of benzene rings is 2. The normalized spacial score (nSPS) is 12.6. The molecule has 6 heteroatoms. The first-order chi connectivity index (χ1) is 12.2. The molecule has 1 N–H and O–H groups in total. The standard InChI is InChI=1S/C19H19N3O3/c1-3-8-22-12(2)20-15-10-14(5-6-16(15)22)21-19(23)13-4-7-17-18(9-13)25-11-24-17/h4-7,9-10H,3,8,11H2,1-2H3,(H,21,23). The number of anilines is 1. The Balaban J connectivity index is 1.59. The van der Waals surface area contributed by atoms with Crippen LogP contribution in [0, 0.1) is 6.92 Å². The van der Waals surface area contributed by atoms with Gasteiger partial charge in [0.2, 0.25) is 6.79 Å². The van der Waals surface area contributed by atoms with E-state index in [1.54, 1.807) is 18.2 Å². The molecule has 1 aromatic heterocycles. The monoisotopic (exact) mass is 337 g/mol. The lowest BCUT2D eigenvalue weighted by Gasteiger charge is -2.07. The van der Waals surface area contributed by atoms with Gasteiger partial charge in [0.15, 0.2) is 11.5 Å². The molecule has 0 aliphatic carbocycles. The van der Waals surface area contributed by atoms with Gasteiger partial charge in [0.1, 0.15) is 5.82 Å². The minimum Gasteiger partial charge on any atom is -0.454 e. The molecule has 0 radical (unpaired) electrons. The van der Waals surface area contributed by atoms with Gasteiger partial charge in [-0.2, -0.15) is 0 Å². The quantitative estimate of drug-likeness (QED) is 0.788. The Labute approximate surface area is 145 Å². The second kappa shape index (κ2) is 6.12. The third-order valence-electron chi connectivity index (χ3n) is 4.28. The van der Waals surface area contributed by atoms with Crippen molar-refractivity contribution in [2.75, 3.05) is 12.1 Å². The molecule has 128 valence electrons. The van der Waals surface area contributed by atoms with E-state index in [4.69, 9.17) is 9.47 Å². The van der Waals surface area contributed by atoms with Crippen molar-refractivity contribution in [1.82, 2.24) is 9.55 Å². The molecule has 6 nitrogen and oxygen atoms in total. The van der Waals surface area contributed by atoms with Gasteiger partial charge >= 0.3 is 0 Å². The van der Waals surface area contributed by atoms with Crippen molar-refractivity contribution >= 4 is 22.6 Å². The zero-order chi connectivity index (χ0) is 17.4. The average Bonchev–Trinajstić information content (AvgIpc) is 3.19. The fraction of sp³-hybridized carbons (Fsp3) is 0.263. The maximum Gasteiger partial charge on any atom is 0.255 e. The highest BCUT2D eigenvalue weighted by Gasteiger charge is 2.16. The Morgan fingerprint density at radius 3 is 2.88 bits per heavy atom. The fourth-order valence-corrected chi connectivity index (χ4v) is 3.07. The number of aryl methyl sites for hydroxylation is 2. The molecule has 3 aromatic rings. The van der Waals surface area contributed by atoms with Gasteiger partial charge in [0.25, 0.3) is 5.91 Å². The third-order valence-corrected chi connectivity index (χ3v) is 4.28. The number of nitrogens with one attached hydrogen (secondary N) is 1. The van der Waals surface area contributed by atoms with E-state index in [-0.39, 0.29) is 12.7 Å². The SMILES string of the molecule is CCCn1c(C)nc2cc(NC(=O)c3ccc4c(c3)OCO4)ccc21. The van der Waals surface area contributed by atoms with Crippen molar-refractivity contribution in [1.29, 1.82) is 0 Å². The number of carbonyl (C=O) groups excluding carboxylic acids is 1. The van der Waals surface area contributed by atoms with E-state index in [0.717, 1.165) is 35.5 Å². The van der Waals surface area contributed by atoms with Crippen LogP contribution in [0.3, 0.4) is 0 Å². The number of imidazole rings is 1. The summed E-state index contributed by atoms with van der Waals surface area (Å²) in [5.41, 5.74) is 3.21. The summed E-state index contributed by atoms with van der Waals surface area (Å²) >= 11 is 0. The molecular formula is C19H19N3O3. The predicted octanol–water partition coefficient (Wildman–Crippen LogP) is 3.74. The van der Waals surface area contributed by atoms with Crippen LogP contribution in [0.2, 0.25) is 0 Å². The first-order valence-electron chi connectivity index (χ1n) is 8.33. The summed E-state index contributed by atoms with van der Waals surface area (Å²) < 4.78 is 12.8. The second-order valence-corrected chi connectivity index (χ2v) is 6.04. The van der Waals surface area contributed by atoms with Crippen molar-refractivity contribution in [2.45, 2.75) is 26.8 Å². The Kier molecular flexibility index (Phi) is 3.80. The van der Waals surface area contributed by atoms with Gasteiger partial charge in [0.05, 0.1) is 11.0 Å². The van der Waals surface area contributed by atoms with Crippen LogP contribution in [0.4, 0.5) is 5.69 Å². The molecule has 0 bridgehead atoms. The van der Waals surface area contributed by atoms with Gasteiger partial charge in [-0.1, -0.05) is 6.92 Å². The molecule has 2 heterocycles. The van der Waals surface area contributed by atoms with Crippen LogP contribution in [-0.2, 0) is 6.54 Å². The van der Waals surface area contributed by atoms with Gasteiger partial charge < -0.3 is 19.4 Å². The minimum atomic E-state index is -0.192. The number of aromatic nitrogens is 2. The molecule has 0 atom stereocenters. The summed E-state index contributed by atoms with van der Waals surface area (Å²) in [6.45, 7) is 5.27. The minimum absolute atomic E-state index is 0.191. The predicted molar refractivity (Wildman–Crippen MR) is 95.3 cm³/mol. The van der Waals surface area contributed by atoms with Crippen molar-refractivity contribution < 1.29 is 14.3 Å². The summed E-state index contributed by atoms with van der Waals surface area (Å²) in [4.78, 5) is 17.1. The van der Waals surface area contributed by atoms with E-state index >= 15 is 0 Å². The Bertz CT molecular complexity index is 962. The molecule has 0 saturated carbocycles. The van der Waals surface area contributed by atoms with E-state index in [2.05, 4.69) is 21.8 Å². The van der Waals surface area contributed by atoms with Gasteiger partial charge in [-0.15, -0.1) is 0 Å². The first kappa shape index (κ1) is 15.5. The van der Waals surface area contributed by atoms with E-state index < -0.39 is 0 Å². The molecular weight excluding hydrogens is 318 g/mol. The van der Waals surface area contributed by atoms with Crippen LogP contribution < -0.4 is 14.8 Å². The molecule has 0 spiro atoms. The van der Waals surface area contributed by atoms with Crippen LogP contribution in [-0.4, -0.2) is 22.3 Å². The summed E-state index contributed by atoms with van der Waals surface area (Å²) in [6, 6.07) is 11.0. The number of amides is 1. The lowest BCUT2D eigenvalue weighted by atomic mass is 10.2. The number of ether oxygens (including phenoxy) is 2. The summed E-state index contributed by atoms with van der Waals surface area (Å²) in [5, 5.41) is 2.92.